The van der Waals surface area contributed by atoms with Gasteiger partial charge in [0.1, 0.15) is 4.70 Å². The number of benzene rings is 10. The molecule has 10 aromatic carbocycles. The summed E-state index contributed by atoms with van der Waals surface area (Å²) < 4.78 is 10.4. The summed E-state index contributed by atoms with van der Waals surface area (Å²) in [5.41, 5.74) is 12.2. The van der Waals surface area contributed by atoms with E-state index in [-0.39, 0.29) is 0 Å². The van der Waals surface area contributed by atoms with Crippen LogP contribution in [0.5, 0.6) is 0 Å². The highest BCUT2D eigenvalue weighted by molar-refractivity contribution is 7.26. The molecule has 0 fully saturated rings. The molecule has 2 nitrogen and oxygen atoms in total. The van der Waals surface area contributed by atoms with E-state index in [1.54, 1.807) is 0 Å². The van der Waals surface area contributed by atoms with Crippen LogP contribution in [0, 0.1) is 0 Å². The van der Waals surface area contributed by atoms with E-state index in [4.69, 9.17) is 0 Å². The molecular formula is C56H32N2S2+2. The molecule has 0 saturated carbocycles. The Balaban J connectivity index is 1.28. The van der Waals surface area contributed by atoms with Gasteiger partial charge < -0.3 is 0 Å². The molecule has 0 bridgehead atoms. The number of pyridine rings is 2. The van der Waals surface area contributed by atoms with Crippen LogP contribution in [0.15, 0.2) is 194 Å². The summed E-state index contributed by atoms with van der Waals surface area (Å²) >= 11 is 3.80. The first-order chi connectivity index (χ1) is 29.8. The molecule has 4 heterocycles. The molecule has 4 aromatic heterocycles. The minimum atomic E-state index is 1.15. The fraction of sp³-hybridized carbons (Fsp3) is 0. The summed E-state index contributed by atoms with van der Waals surface area (Å²) in [5.74, 6) is 0. The van der Waals surface area contributed by atoms with Gasteiger partial charge in [-0.2, -0.15) is 9.13 Å². The Morgan fingerprint density at radius 3 is 1.75 bits per heavy atom. The van der Waals surface area contributed by atoms with Crippen LogP contribution in [-0.2, 0) is 0 Å². The number of aromatic nitrogens is 2. The van der Waals surface area contributed by atoms with E-state index >= 15 is 0 Å². The predicted octanol–water partition coefficient (Wildman–Crippen LogP) is 15.0. The van der Waals surface area contributed by atoms with Crippen LogP contribution in [0.4, 0.5) is 0 Å². The Labute approximate surface area is 352 Å². The standard InChI is InChI=1S/C56H32N2S2/c1-3-14-33(15-4-1)37-30-28-35-32-43(42-22-12-21-40-38-19-7-9-26-47(38)59-55(40)42)54-52-50(35)53(37)58(46-25-13-23-41-39-20-8-10-27-48(39)60-56(41)46)45-31-29-34-16-11-24-44(49(34)51(45)52)57(54)36-17-5-2-6-18-36/h1-32H/q+2. The number of hydrogen-bond donors (Lipinski definition) is 0. The van der Waals surface area contributed by atoms with Gasteiger partial charge >= 0.3 is 0 Å². The van der Waals surface area contributed by atoms with Gasteiger partial charge in [0.05, 0.1) is 32.7 Å². The number of fused-ring (bicyclic) bond motifs is 6. The quantitative estimate of drug-likeness (QED) is 0.0952. The molecule has 0 radical (unpaired) electrons. The summed E-state index contributed by atoms with van der Waals surface area (Å²) in [7, 11) is 0. The van der Waals surface area contributed by atoms with Crippen molar-refractivity contribution in [2.45, 2.75) is 0 Å². The molecule has 276 valence electrons. The largest absolute Gasteiger partial charge is 0.229 e. The van der Waals surface area contributed by atoms with E-state index in [9.17, 15) is 0 Å². The molecule has 0 spiro atoms. The SMILES string of the molecule is c1ccc(-c2ccc3cc(-c4cccc5c4sc4ccccc45)c4c5c6c7c(cccc7[n+]4-c4ccccc4)ccc6[n+](-c4cccc6c4sc4ccccc46)c2c35)cc1. The molecule has 0 aliphatic heterocycles. The predicted molar refractivity (Wildman–Crippen MR) is 256 cm³/mol. The normalized spacial score (nSPS) is 12.3. The number of rotatable bonds is 4. The molecule has 0 amide bonds. The molecular weight excluding hydrogens is 765 g/mol. The van der Waals surface area contributed by atoms with Gasteiger partial charge in [-0.15, -0.1) is 22.7 Å². The van der Waals surface area contributed by atoms with Crippen molar-refractivity contribution in [1.29, 1.82) is 0 Å². The van der Waals surface area contributed by atoms with Gasteiger partial charge in [-0.1, -0.05) is 133 Å². The second kappa shape index (κ2) is 12.2. The van der Waals surface area contributed by atoms with E-state index in [1.165, 1.54) is 123 Å². The zero-order valence-electron chi connectivity index (χ0n) is 32.2. The van der Waals surface area contributed by atoms with Crippen LogP contribution < -0.4 is 9.13 Å². The third-order valence-corrected chi connectivity index (χ3v) is 15.3. The minimum absolute atomic E-state index is 1.15. The van der Waals surface area contributed by atoms with E-state index in [0.29, 0.717) is 0 Å². The maximum Gasteiger partial charge on any atom is 0.229 e. The van der Waals surface area contributed by atoms with Crippen molar-refractivity contribution in [3.63, 3.8) is 0 Å². The van der Waals surface area contributed by atoms with Crippen LogP contribution in [0.1, 0.15) is 0 Å². The second-order valence-electron chi connectivity index (χ2n) is 15.9. The number of hydrogen-bond acceptors (Lipinski definition) is 2. The zero-order chi connectivity index (χ0) is 39.1. The molecule has 0 saturated heterocycles. The minimum Gasteiger partial charge on any atom is -0.152 e. The summed E-state index contributed by atoms with van der Waals surface area (Å²) in [6.07, 6.45) is 0. The third kappa shape index (κ3) is 4.31. The van der Waals surface area contributed by atoms with Crippen LogP contribution in [0.3, 0.4) is 0 Å². The van der Waals surface area contributed by atoms with Crippen molar-refractivity contribution in [3.05, 3.63) is 194 Å². The van der Waals surface area contributed by atoms with Crippen LogP contribution in [0.2, 0.25) is 0 Å². The van der Waals surface area contributed by atoms with Crippen molar-refractivity contribution in [2.75, 3.05) is 0 Å². The van der Waals surface area contributed by atoms with E-state index in [0.717, 1.165) is 5.69 Å². The second-order valence-corrected chi connectivity index (χ2v) is 18.1. The maximum atomic E-state index is 2.62. The maximum absolute atomic E-state index is 2.62. The van der Waals surface area contributed by atoms with Crippen LogP contribution in [-0.4, -0.2) is 0 Å². The topological polar surface area (TPSA) is 7.76 Å². The lowest BCUT2D eigenvalue weighted by atomic mass is 9.86. The highest BCUT2D eigenvalue weighted by Crippen LogP contribution is 2.49. The molecule has 14 rings (SSSR count). The van der Waals surface area contributed by atoms with Crippen LogP contribution >= 0.6 is 22.7 Å². The Morgan fingerprint density at radius 1 is 0.333 bits per heavy atom. The molecule has 0 aliphatic rings. The average Bonchev–Trinajstić information content (AvgIpc) is 3.89. The average molecular weight is 797 g/mol. The van der Waals surface area contributed by atoms with Crippen molar-refractivity contribution in [2.24, 2.45) is 0 Å². The fourth-order valence-electron chi connectivity index (χ4n) is 10.4. The molecule has 0 N–H and O–H groups in total. The summed E-state index contributed by atoms with van der Waals surface area (Å²) in [6.45, 7) is 0. The Kier molecular flexibility index (Phi) is 6.62. The molecule has 60 heavy (non-hydrogen) atoms. The van der Waals surface area contributed by atoms with E-state index < -0.39 is 0 Å². The smallest absolute Gasteiger partial charge is 0.152 e. The van der Waals surface area contributed by atoms with Crippen molar-refractivity contribution >= 4 is 117 Å². The van der Waals surface area contributed by atoms with Gasteiger partial charge in [0.2, 0.25) is 33.4 Å². The highest BCUT2D eigenvalue weighted by atomic mass is 32.1. The van der Waals surface area contributed by atoms with Gasteiger partial charge in [-0.3, -0.25) is 0 Å². The zero-order valence-corrected chi connectivity index (χ0v) is 33.8. The lowest BCUT2D eigenvalue weighted by molar-refractivity contribution is -0.539. The van der Waals surface area contributed by atoms with Crippen molar-refractivity contribution < 1.29 is 9.13 Å². The molecule has 14 aromatic rings. The van der Waals surface area contributed by atoms with E-state index in [2.05, 4.69) is 203 Å². The van der Waals surface area contributed by atoms with Crippen molar-refractivity contribution in [1.82, 2.24) is 0 Å². The summed E-state index contributed by atoms with van der Waals surface area (Å²) in [5, 5.41) is 12.9. The molecule has 0 aliphatic carbocycles. The summed E-state index contributed by atoms with van der Waals surface area (Å²) in [6, 6.07) is 72.4. The first-order valence-electron chi connectivity index (χ1n) is 20.5. The number of thiophene rings is 2. The first-order valence-corrected chi connectivity index (χ1v) is 22.1. The van der Waals surface area contributed by atoms with Gasteiger partial charge in [0, 0.05) is 71.5 Å². The van der Waals surface area contributed by atoms with E-state index in [1.807, 2.05) is 22.7 Å². The Morgan fingerprint density at radius 2 is 0.950 bits per heavy atom. The van der Waals surface area contributed by atoms with Gasteiger partial charge in [-0.05, 0) is 46.7 Å². The lowest BCUT2D eigenvalue weighted by Gasteiger charge is -2.19. The number of nitrogens with zero attached hydrogens (tertiary/aromatic N) is 2. The fourth-order valence-corrected chi connectivity index (χ4v) is 12.8. The third-order valence-electron chi connectivity index (χ3n) is 12.9. The van der Waals surface area contributed by atoms with Crippen LogP contribution in [0.25, 0.3) is 128 Å². The Bertz CT molecular complexity index is 4050. The van der Waals surface area contributed by atoms with Crippen molar-refractivity contribution in [3.8, 4) is 33.6 Å². The molecule has 0 atom stereocenters. The molecule has 0 unspecified atom stereocenters. The monoisotopic (exact) mass is 796 g/mol. The first kappa shape index (κ1) is 32.7. The van der Waals surface area contributed by atoms with Gasteiger partial charge in [-0.25, -0.2) is 0 Å². The highest BCUT2D eigenvalue weighted by Gasteiger charge is 2.36. The van der Waals surface area contributed by atoms with Gasteiger partial charge in [0.15, 0.2) is 0 Å². The molecule has 4 heteroatoms. The summed E-state index contributed by atoms with van der Waals surface area (Å²) in [4.78, 5) is 0. The Hall–Kier alpha value is -7.24. The number of para-hydroxylation sites is 1. The van der Waals surface area contributed by atoms with Gasteiger partial charge in [0.25, 0.3) is 0 Å². The lowest BCUT2D eigenvalue weighted by Crippen LogP contribution is -2.37.